The Morgan fingerprint density at radius 2 is 2.04 bits per heavy atom. The molecule has 24 heavy (non-hydrogen) atoms. The lowest BCUT2D eigenvalue weighted by Crippen LogP contribution is -2.52. The average molecular weight is 366 g/mol. The topological polar surface area (TPSA) is 18.8 Å². The molecule has 1 aromatic carbocycles. The molecule has 2 atom stereocenters. The first-order valence-electron chi connectivity index (χ1n) is 8.72. The van der Waals surface area contributed by atoms with Crippen molar-refractivity contribution >= 4 is 34.6 Å². The van der Waals surface area contributed by atoms with Gasteiger partial charge in [0.1, 0.15) is 5.84 Å². The van der Waals surface area contributed by atoms with Crippen LogP contribution in [0.15, 0.2) is 41.4 Å². The molecule has 0 N–H and O–H groups in total. The normalized spacial score (nSPS) is 28.0. The molecule has 5 heteroatoms. The number of aliphatic imine (C=N–C) groups is 1. The van der Waals surface area contributed by atoms with Gasteiger partial charge in [-0.3, -0.25) is 4.90 Å². The molecule has 130 valence electrons. The van der Waals surface area contributed by atoms with E-state index in [-0.39, 0.29) is 5.50 Å². The van der Waals surface area contributed by atoms with E-state index in [4.69, 9.17) is 28.2 Å². The molecular weight excluding hydrogens is 341 g/mol. The number of alkyl halides is 2. The van der Waals surface area contributed by atoms with E-state index in [0.717, 1.165) is 44.7 Å². The highest BCUT2D eigenvalue weighted by molar-refractivity contribution is 6.34. The Morgan fingerprint density at radius 1 is 1.29 bits per heavy atom. The number of nitrogens with zero attached hydrogens (tertiary/aromatic N) is 3. The highest BCUT2D eigenvalue weighted by Gasteiger charge is 2.49. The fourth-order valence-corrected chi connectivity index (χ4v) is 4.22. The number of unbranched alkanes of at least 4 members (excludes halogenated alkanes) is 1. The summed E-state index contributed by atoms with van der Waals surface area (Å²) in [6.07, 6.45) is 5.45. The van der Waals surface area contributed by atoms with Crippen LogP contribution in [-0.2, 0) is 0 Å². The van der Waals surface area contributed by atoms with Gasteiger partial charge in [0.05, 0.1) is 0 Å². The van der Waals surface area contributed by atoms with Crippen LogP contribution in [0.25, 0.3) is 5.57 Å². The number of halogens is 2. The molecule has 3 nitrogen and oxygen atoms in total. The molecule has 0 aliphatic carbocycles. The molecular formula is C19H25Cl2N3. The maximum atomic E-state index is 6.90. The summed E-state index contributed by atoms with van der Waals surface area (Å²) in [5.41, 5.74) is 2.34. The van der Waals surface area contributed by atoms with Crippen molar-refractivity contribution in [3.05, 3.63) is 42.0 Å². The van der Waals surface area contributed by atoms with Gasteiger partial charge in [-0.2, -0.15) is 0 Å². The van der Waals surface area contributed by atoms with Crippen molar-refractivity contribution in [3.8, 4) is 0 Å². The number of amidine groups is 1. The molecule has 0 radical (unpaired) electrons. The summed E-state index contributed by atoms with van der Waals surface area (Å²) in [7, 11) is 0. The molecule has 2 heterocycles. The van der Waals surface area contributed by atoms with Gasteiger partial charge in [0, 0.05) is 19.6 Å². The van der Waals surface area contributed by atoms with Crippen LogP contribution in [0, 0.1) is 0 Å². The Bertz CT molecular complexity index is 629. The Labute approximate surface area is 154 Å². The maximum Gasteiger partial charge on any atom is 0.225 e. The lowest BCUT2D eigenvalue weighted by atomic mass is 9.99. The lowest BCUT2D eigenvalue weighted by Gasteiger charge is -2.39. The van der Waals surface area contributed by atoms with Crippen LogP contribution in [-0.4, -0.2) is 45.9 Å². The Hall–Kier alpha value is -1.03. The van der Waals surface area contributed by atoms with Gasteiger partial charge in [0.15, 0.2) is 5.50 Å². The highest BCUT2D eigenvalue weighted by atomic mass is 35.5. The smallest absolute Gasteiger partial charge is 0.225 e. The van der Waals surface area contributed by atoms with Gasteiger partial charge in [0.2, 0.25) is 5.12 Å². The van der Waals surface area contributed by atoms with Crippen LogP contribution in [0.3, 0.4) is 0 Å². The number of hydrogen-bond donors (Lipinski definition) is 0. The first kappa shape index (κ1) is 17.8. The first-order valence-corrected chi connectivity index (χ1v) is 9.53. The van der Waals surface area contributed by atoms with E-state index in [1.54, 1.807) is 0 Å². The summed E-state index contributed by atoms with van der Waals surface area (Å²) in [4.78, 5) is 9.05. The van der Waals surface area contributed by atoms with Crippen molar-refractivity contribution in [2.75, 3.05) is 19.6 Å². The van der Waals surface area contributed by atoms with E-state index in [1.807, 2.05) is 13.0 Å². The SMILES string of the molecule is CCCCN1C(C)=NC(Cl)(N2CC=C(c3ccccc3)CC2)C1Cl. The second kappa shape index (κ2) is 7.47. The monoisotopic (exact) mass is 365 g/mol. The van der Waals surface area contributed by atoms with Crippen LogP contribution in [0.5, 0.6) is 0 Å². The van der Waals surface area contributed by atoms with E-state index in [9.17, 15) is 0 Å². The Morgan fingerprint density at radius 3 is 2.67 bits per heavy atom. The molecule has 0 bridgehead atoms. The largest absolute Gasteiger partial charge is 0.340 e. The van der Waals surface area contributed by atoms with E-state index >= 15 is 0 Å². The van der Waals surface area contributed by atoms with Gasteiger partial charge in [0.25, 0.3) is 0 Å². The van der Waals surface area contributed by atoms with Gasteiger partial charge in [-0.15, -0.1) is 0 Å². The molecule has 0 saturated carbocycles. The van der Waals surface area contributed by atoms with Crippen molar-refractivity contribution in [1.82, 2.24) is 9.80 Å². The van der Waals surface area contributed by atoms with Gasteiger partial charge in [-0.1, -0.05) is 73.0 Å². The number of rotatable bonds is 5. The van der Waals surface area contributed by atoms with Crippen LogP contribution < -0.4 is 0 Å². The molecule has 3 rings (SSSR count). The van der Waals surface area contributed by atoms with Gasteiger partial charge < -0.3 is 4.90 Å². The summed E-state index contributed by atoms with van der Waals surface area (Å²) in [6, 6.07) is 10.5. The van der Waals surface area contributed by atoms with Gasteiger partial charge in [-0.25, -0.2) is 4.99 Å². The molecule has 0 amide bonds. The summed E-state index contributed by atoms with van der Waals surface area (Å²) in [5.74, 6) is 0.941. The van der Waals surface area contributed by atoms with Crippen LogP contribution in [0.2, 0.25) is 0 Å². The van der Waals surface area contributed by atoms with Crippen LogP contribution in [0.4, 0.5) is 0 Å². The molecule has 2 unspecified atom stereocenters. The zero-order valence-corrected chi connectivity index (χ0v) is 15.9. The third-order valence-corrected chi connectivity index (χ3v) is 6.04. The maximum absolute atomic E-state index is 6.90. The minimum absolute atomic E-state index is 0.322. The van der Waals surface area contributed by atoms with Crippen molar-refractivity contribution in [3.63, 3.8) is 0 Å². The van der Waals surface area contributed by atoms with E-state index in [2.05, 4.69) is 47.1 Å². The van der Waals surface area contributed by atoms with Crippen molar-refractivity contribution in [1.29, 1.82) is 0 Å². The zero-order valence-electron chi connectivity index (χ0n) is 14.4. The fraction of sp³-hybridized carbons (Fsp3) is 0.526. The van der Waals surface area contributed by atoms with Crippen LogP contribution in [0.1, 0.15) is 38.7 Å². The van der Waals surface area contributed by atoms with E-state index < -0.39 is 5.12 Å². The minimum Gasteiger partial charge on any atom is -0.340 e. The molecule has 0 fully saturated rings. The fourth-order valence-electron chi connectivity index (χ4n) is 3.40. The molecule has 2 aliphatic rings. The first-order chi connectivity index (χ1) is 11.6. The van der Waals surface area contributed by atoms with E-state index in [0.29, 0.717) is 0 Å². The molecule has 0 aromatic heterocycles. The summed E-state index contributed by atoms with van der Waals surface area (Å²) >= 11 is 13.6. The van der Waals surface area contributed by atoms with Crippen molar-refractivity contribution < 1.29 is 0 Å². The minimum atomic E-state index is -0.863. The standard InChI is InChI=1S/C19H25Cl2N3/c1-3-4-12-24-15(2)22-19(21,18(24)20)23-13-10-17(11-14-23)16-8-6-5-7-9-16/h5-10,18H,3-4,11-14H2,1-2H3. The zero-order chi connectivity index (χ0) is 17.2. The second-order valence-corrected chi connectivity index (χ2v) is 7.44. The second-order valence-electron chi connectivity index (χ2n) is 6.47. The van der Waals surface area contributed by atoms with Crippen molar-refractivity contribution in [2.45, 2.75) is 43.7 Å². The number of hydrogen-bond acceptors (Lipinski definition) is 3. The quantitative estimate of drug-likeness (QED) is 0.552. The average Bonchev–Trinajstić information content (AvgIpc) is 2.84. The van der Waals surface area contributed by atoms with Crippen LogP contribution >= 0.6 is 23.2 Å². The third kappa shape index (κ3) is 3.35. The van der Waals surface area contributed by atoms with E-state index in [1.165, 1.54) is 11.1 Å². The molecule has 0 saturated heterocycles. The lowest BCUT2D eigenvalue weighted by molar-refractivity contribution is 0.155. The summed E-state index contributed by atoms with van der Waals surface area (Å²) in [6.45, 7) is 6.74. The molecule has 0 spiro atoms. The predicted octanol–water partition coefficient (Wildman–Crippen LogP) is 4.77. The van der Waals surface area contributed by atoms with Crippen molar-refractivity contribution in [2.24, 2.45) is 4.99 Å². The summed E-state index contributed by atoms with van der Waals surface area (Å²) < 4.78 is 0. The Kier molecular flexibility index (Phi) is 5.53. The Balaban J connectivity index is 1.73. The number of benzene rings is 1. The third-order valence-electron chi connectivity index (χ3n) is 4.86. The molecule has 1 aromatic rings. The van der Waals surface area contributed by atoms with Gasteiger partial charge >= 0.3 is 0 Å². The predicted molar refractivity (Wildman–Crippen MR) is 104 cm³/mol. The van der Waals surface area contributed by atoms with Gasteiger partial charge in [-0.05, 0) is 30.9 Å². The summed E-state index contributed by atoms with van der Waals surface area (Å²) in [5, 5.41) is -0.863. The highest BCUT2D eigenvalue weighted by Crippen LogP contribution is 2.40. The molecule has 2 aliphatic heterocycles.